The van der Waals surface area contributed by atoms with Crippen molar-refractivity contribution < 1.29 is 9.18 Å². The Balaban J connectivity index is 1.46. The number of carbonyl (C=O) groups is 1. The van der Waals surface area contributed by atoms with Crippen LogP contribution in [0, 0.1) is 18.2 Å². The zero-order valence-electron chi connectivity index (χ0n) is 23.7. The highest BCUT2D eigenvalue weighted by atomic mass is 19.1. The van der Waals surface area contributed by atoms with E-state index in [-0.39, 0.29) is 30.6 Å². The van der Waals surface area contributed by atoms with Crippen LogP contribution in [-0.4, -0.2) is 39.3 Å². The summed E-state index contributed by atoms with van der Waals surface area (Å²) in [6, 6.07) is 28.2. The van der Waals surface area contributed by atoms with Gasteiger partial charge in [-0.3, -0.25) is 10.2 Å². The zero-order valence-corrected chi connectivity index (χ0v) is 23.7. The number of imidazole rings is 1. The number of hydrogen-bond donors (Lipinski definition) is 3. The molecular formula is C34H35FN6O. The van der Waals surface area contributed by atoms with E-state index in [1.807, 2.05) is 42.5 Å². The molecule has 8 heteroatoms. The molecule has 1 aromatic heterocycles. The van der Waals surface area contributed by atoms with Crippen molar-refractivity contribution in [3.8, 4) is 0 Å². The summed E-state index contributed by atoms with van der Waals surface area (Å²) in [5.41, 5.74) is 18.2. The number of carbonyl (C=O) groups excluding carboxylic acids is 1. The van der Waals surface area contributed by atoms with E-state index in [0.717, 1.165) is 34.4 Å². The van der Waals surface area contributed by atoms with Gasteiger partial charge in [-0.05, 0) is 48.7 Å². The van der Waals surface area contributed by atoms with Crippen molar-refractivity contribution in [1.29, 1.82) is 5.41 Å². The first-order valence-electron chi connectivity index (χ1n) is 14.0. The third-order valence-electron chi connectivity index (χ3n) is 7.44. The fourth-order valence-electron chi connectivity index (χ4n) is 5.09. The van der Waals surface area contributed by atoms with Crippen molar-refractivity contribution in [2.75, 3.05) is 13.1 Å². The van der Waals surface area contributed by atoms with Gasteiger partial charge >= 0.3 is 0 Å². The van der Waals surface area contributed by atoms with E-state index < -0.39 is 0 Å². The molecule has 0 aliphatic rings. The van der Waals surface area contributed by atoms with Gasteiger partial charge in [0, 0.05) is 49.3 Å². The maximum absolute atomic E-state index is 14.4. The van der Waals surface area contributed by atoms with Crippen LogP contribution in [0.4, 0.5) is 4.39 Å². The lowest BCUT2D eigenvalue weighted by Crippen LogP contribution is -2.35. The molecule has 1 heterocycles. The Labute approximate surface area is 245 Å². The van der Waals surface area contributed by atoms with Gasteiger partial charge in [-0.25, -0.2) is 9.37 Å². The molecule has 0 radical (unpaired) electrons. The molecule has 1 amide bonds. The molecule has 4 aromatic carbocycles. The van der Waals surface area contributed by atoms with Crippen molar-refractivity contribution in [1.82, 2.24) is 14.5 Å². The van der Waals surface area contributed by atoms with Crippen molar-refractivity contribution in [3.63, 3.8) is 0 Å². The van der Waals surface area contributed by atoms with Crippen molar-refractivity contribution >= 4 is 22.8 Å². The molecule has 0 fully saturated rings. The van der Waals surface area contributed by atoms with E-state index >= 15 is 0 Å². The van der Waals surface area contributed by atoms with Gasteiger partial charge in [0.15, 0.2) is 0 Å². The molecule has 0 spiro atoms. The van der Waals surface area contributed by atoms with Crippen LogP contribution in [0.25, 0.3) is 11.0 Å². The molecule has 5 N–H and O–H groups in total. The summed E-state index contributed by atoms with van der Waals surface area (Å²) in [5.74, 6) is 0.394. The van der Waals surface area contributed by atoms with Gasteiger partial charge in [0.05, 0.1) is 11.0 Å². The van der Waals surface area contributed by atoms with Gasteiger partial charge in [0.25, 0.3) is 5.91 Å². The predicted octanol–water partition coefficient (Wildman–Crippen LogP) is 5.20. The number of nitrogens with two attached hydrogens (primary N) is 2. The lowest BCUT2D eigenvalue weighted by molar-refractivity contribution is 0.0747. The Kier molecular flexibility index (Phi) is 8.74. The third kappa shape index (κ3) is 6.56. The van der Waals surface area contributed by atoms with Crippen LogP contribution in [0.5, 0.6) is 0 Å². The van der Waals surface area contributed by atoms with E-state index in [4.69, 9.17) is 21.9 Å². The average Bonchev–Trinajstić information content (AvgIpc) is 3.34. The Morgan fingerprint density at radius 2 is 1.62 bits per heavy atom. The van der Waals surface area contributed by atoms with Gasteiger partial charge in [0.1, 0.15) is 17.5 Å². The third-order valence-corrected chi connectivity index (χ3v) is 7.44. The smallest absolute Gasteiger partial charge is 0.254 e. The fraction of sp³-hybridized carbons (Fsp3) is 0.206. The van der Waals surface area contributed by atoms with Crippen LogP contribution < -0.4 is 11.5 Å². The molecule has 5 aromatic rings. The van der Waals surface area contributed by atoms with Crippen LogP contribution >= 0.6 is 0 Å². The minimum atomic E-state index is -0.349. The molecule has 214 valence electrons. The summed E-state index contributed by atoms with van der Waals surface area (Å²) >= 11 is 0. The molecule has 0 aliphatic heterocycles. The van der Waals surface area contributed by atoms with Crippen molar-refractivity contribution in [3.05, 3.63) is 136 Å². The second kappa shape index (κ2) is 12.8. The summed E-state index contributed by atoms with van der Waals surface area (Å²) in [4.78, 5) is 20.1. The number of aryl methyl sites for hydroxylation is 3. The molecule has 0 saturated heterocycles. The number of nitrogens with one attached hydrogen (secondary N) is 1. The molecule has 0 atom stereocenters. The number of halogens is 1. The summed E-state index contributed by atoms with van der Waals surface area (Å²) in [5, 5.41) is 7.63. The number of aromatic nitrogens is 2. The van der Waals surface area contributed by atoms with E-state index in [9.17, 15) is 9.18 Å². The number of benzene rings is 4. The minimum Gasteiger partial charge on any atom is -0.384 e. The summed E-state index contributed by atoms with van der Waals surface area (Å²) < 4.78 is 16.6. The number of fused-ring (bicyclic) bond motifs is 1. The monoisotopic (exact) mass is 562 g/mol. The molecule has 0 saturated carbocycles. The van der Waals surface area contributed by atoms with Gasteiger partial charge in [-0.15, -0.1) is 0 Å². The van der Waals surface area contributed by atoms with Crippen molar-refractivity contribution in [2.45, 2.75) is 32.9 Å². The lowest BCUT2D eigenvalue weighted by atomic mass is 10.1. The fourth-order valence-corrected chi connectivity index (χ4v) is 5.09. The first-order valence-corrected chi connectivity index (χ1v) is 14.0. The highest BCUT2D eigenvalue weighted by Crippen LogP contribution is 2.23. The van der Waals surface area contributed by atoms with Gasteiger partial charge < -0.3 is 20.9 Å². The van der Waals surface area contributed by atoms with E-state index in [1.54, 1.807) is 23.1 Å². The Morgan fingerprint density at radius 3 is 2.31 bits per heavy atom. The van der Waals surface area contributed by atoms with E-state index in [2.05, 4.69) is 35.8 Å². The topological polar surface area (TPSA) is 114 Å². The van der Waals surface area contributed by atoms with E-state index in [1.165, 1.54) is 11.6 Å². The number of amidine groups is 1. The average molecular weight is 563 g/mol. The molecule has 0 unspecified atom stereocenters. The molecular weight excluding hydrogens is 527 g/mol. The van der Waals surface area contributed by atoms with Crippen molar-refractivity contribution in [2.24, 2.45) is 11.5 Å². The normalized spacial score (nSPS) is 11.1. The van der Waals surface area contributed by atoms with E-state index in [0.29, 0.717) is 36.2 Å². The highest BCUT2D eigenvalue weighted by Gasteiger charge is 2.20. The quantitative estimate of drug-likeness (QED) is 0.152. The Bertz CT molecular complexity index is 1710. The standard InChI is InChI=1S/C34H35FN6O/c1-23-6-8-25(9-7-23)21-41-31-16-15-27(34(42)40(19-18-36)22-28-4-2-3-5-29(28)35)20-30(31)39-32(41)17-12-24-10-13-26(14-11-24)33(37)38/h2-11,13-16,20H,12,17-19,21-22,36H2,1H3,(H3,37,38). The molecule has 7 nitrogen and oxygen atoms in total. The lowest BCUT2D eigenvalue weighted by Gasteiger charge is -2.22. The molecule has 5 rings (SSSR count). The number of amides is 1. The van der Waals surface area contributed by atoms with Crippen LogP contribution in [0.15, 0.2) is 91.0 Å². The number of nitrogens with zero attached hydrogens (tertiary/aromatic N) is 3. The number of rotatable bonds is 11. The maximum Gasteiger partial charge on any atom is 0.254 e. The number of hydrogen-bond acceptors (Lipinski definition) is 4. The van der Waals surface area contributed by atoms with Gasteiger partial charge in [-0.1, -0.05) is 72.3 Å². The highest BCUT2D eigenvalue weighted by molar-refractivity contribution is 5.97. The van der Waals surface area contributed by atoms with Gasteiger partial charge in [-0.2, -0.15) is 0 Å². The van der Waals surface area contributed by atoms with Crippen LogP contribution in [0.1, 0.15) is 44.0 Å². The second-order valence-corrected chi connectivity index (χ2v) is 10.5. The minimum absolute atomic E-state index is 0.0470. The summed E-state index contributed by atoms with van der Waals surface area (Å²) in [6.07, 6.45) is 1.45. The molecule has 42 heavy (non-hydrogen) atoms. The SMILES string of the molecule is Cc1ccc(Cn2c(CCc3ccc(C(=N)N)cc3)nc3cc(C(=O)N(CCN)Cc4ccccc4F)ccc32)cc1. The van der Waals surface area contributed by atoms with Crippen LogP contribution in [-0.2, 0) is 25.9 Å². The molecule has 0 bridgehead atoms. The maximum atomic E-state index is 14.4. The van der Waals surface area contributed by atoms with Crippen LogP contribution in [0.3, 0.4) is 0 Å². The first kappa shape index (κ1) is 28.7. The summed E-state index contributed by atoms with van der Waals surface area (Å²) in [7, 11) is 0. The first-order chi connectivity index (χ1) is 20.3. The summed E-state index contributed by atoms with van der Waals surface area (Å²) in [6.45, 7) is 3.43. The Hall–Kier alpha value is -4.82. The van der Waals surface area contributed by atoms with Crippen LogP contribution in [0.2, 0.25) is 0 Å². The second-order valence-electron chi connectivity index (χ2n) is 10.5. The number of nitrogen functional groups attached to an aromatic ring is 1. The predicted molar refractivity (Wildman–Crippen MR) is 165 cm³/mol. The van der Waals surface area contributed by atoms with Gasteiger partial charge in [0.2, 0.25) is 0 Å². The largest absolute Gasteiger partial charge is 0.384 e. The molecule has 0 aliphatic carbocycles. The Morgan fingerprint density at radius 1 is 0.929 bits per heavy atom. The zero-order chi connectivity index (χ0) is 29.6.